The summed E-state index contributed by atoms with van der Waals surface area (Å²) in [6, 6.07) is 14.0. The molecule has 0 spiro atoms. The molecule has 0 saturated heterocycles. The third-order valence-electron chi connectivity index (χ3n) is 3.19. The lowest BCUT2D eigenvalue weighted by Crippen LogP contribution is -2.31. The first kappa shape index (κ1) is 14.5. The predicted octanol–water partition coefficient (Wildman–Crippen LogP) is 3.48. The van der Waals surface area contributed by atoms with Gasteiger partial charge in [-0.1, -0.05) is 35.6 Å². The van der Waals surface area contributed by atoms with Gasteiger partial charge >= 0.3 is 0 Å². The SMILES string of the molecule is CN(C(=O)COc1nc2c(F)cccc2s1)c1ccccc1. The number of hydrogen-bond acceptors (Lipinski definition) is 4. The highest BCUT2D eigenvalue weighted by atomic mass is 32.1. The van der Waals surface area contributed by atoms with Crippen LogP contribution in [-0.2, 0) is 4.79 Å². The van der Waals surface area contributed by atoms with Gasteiger partial charge in [-0.05, 0) is 24.3 Å². The van der Waals surface area contributed by atoms with Crippen molar-refractivity contribution in [1.82, 2.24) is 4.98 Å². The minimum Gasteiger partial charge on any atom is -0.460 e. The Kier molecular flexibility index (Phi) is 4.02. The van der Waals surface area contributed by atoms with Crippen LogP contribution in [0.2, 0.25) is 0 Å². The van der Waals surface area contributed by atoms with Crippen LogP contribution >= 0.6 is 11.3 Å². The molecule has 0 fully saturated rings. The van der Waals surface area contributed by atoms with Crippen LogP contribution in [-0.4, -0.2) is 24.5 Å². The zero-order chi connectivity index (χ0) is 15.5. The molecule has 4 nitrogen and oxygen atoms in total. The summed E-state index contributed by atoms with van der Waals surface area (Å²) >= 11 is 1.22. The van der Waals surface area contributed by atoms with Crippen molar-refractivity contribution in [2.45, 2.75) is 0 Å². The molecular formula is C16H13FN2O2S. The van der Waals surface area contributed by atoms with Crippen molar-refractivity contribution in [3.63, 3.8) is 0 Å². The molecule has 0 atom stereocenters. The number of ether oxygens (including phenoxy) is 1. The number of hydrogen-bond donors (Lipinski definition) is 0. The molecule has 1 heterocycles. The summed E-state index contributed by atoms with van der Waals surface area (Å²) < 4.78 is 19.7. The standard InChI is InChI=1S/C16H13FN2O2S/c1-19(11-6-3-2-4-7-11)14(20)10-21-16-18-15-12(17)8-5-9-13(15)22-16/h2-9H,10H2,1H3. The van der Waals surface area contributed by atoms with Crippen molar-refractivity contribution in [3.8, 4) is 5.19 Å². The highest BCUT2D eigenvalue weighted by Crippen LogP contribution is 2.29. The van der Waals surface area contributed by atoms with Crippen LogP contribution in [0, 0.1) is 5.82 Å². The van der Waals surface area contributed by atoms with Crippen LogP contribution in [0.1, 0.15) is 0 Å². The van der Waals surface area contributed by atoms with Gasteiger partial charge in [-0.3, -0.25) is 4.79 Å². The van der Waals surface area contributed by atoms with Crippen molar-refractivity contribution in [2.75, 3.05) is 18.6 Å². The number of halogens is 1. The van der Waals surface area contributed by atoms with E-state index in [1.165, 1.54) is 22.3 Å². The van der Waals surface area contributed by atoms with E-state index in [0.717, 1.165) is 5.69 Å². The summed E-state index contributed by atoms with van der Waals surface area (Å²) in [5.41, 5.74) is 1.05. The Bertz CT molecular complexity index is 804. The molecule has 0 N–H and O–H groups in total. The van der Waals surface area contributed by atoms with Gasteiger partial charge in [0.15, 0.2) is 6.61 Å². The molecule has 0 aliphatic rings. The van der Waals surface area contributed by atoms with Crippen molar-refractivity contribution < 1.29 is 13.9 Å². The second kappa shape index (κ2) is 6.11. The van der Waals surface area contributed by atoms with E-state index in [9.17, 15) is 9.18 Å². The summed E-state index contributed by atoms with van der Waals surface area (Å²) in [5, 5.41) is 0.287. The molecule has 22 heavy (non-hydrogen) atoms. The van der Waals surface area contributed by atoms with Gasteiger partial charge in [-0.15, -0.1) is 0 Å². The fourth-order valence-corrected chi connectivity index (χ4v) is 2.80. The lowest BCUT2D eigenvalue weighted by atomic mass is 10.3. The quantitative estimate of drug-likeness (QED) is 0.740. The largest absolute Gasteiger partial charge is 0.460 e. The number of benzene rings is 2. The zero-order valence-corrected chi connectivity index (χ0v) is 12.6. The van der Waals surface area contributed by atoms with Crippen molar-refractivity contribution in [2.24, 2.45) is 0 Å². The first-order valence-corrected chi connectivity index (χ1v) is 7.46. The molecule has 112 valence electrons. The number of aromatic nitrogens is 1. The van der Waals surface area contributed by atoms with Crippen molar-refractivity contribution >= 4 is 33.1 Å². The zero-order valence-electron chi connectivity index (χ0n) is 11.8. The number of likely N-dealkylation sites (N-methyl/N-ethyl adjacent to an activating group) is 1. The van der Waals surface area contributed by atoms with E-state index in [2.05, 4.69) is 4.98 Å². The Morgan fingerprint density at radius 3 is 2.73 bits per heavy atom. The summed E-state index contributed by atoms with van der Waals surface area (Å²) in [6.45, 7) is -0.146. The number of amides is 1. The maximum Gasteiger partial charge on any atom is 0.274 e. The van der Waals surface area contributed by atoms with Crippen LogP contribution < -0.4 is 9.64 Å². The maximum absolute atomic E-state index is 13.6. The van der Waals surface area contributed by atoms with E-state index >= 15 is 0 Å². The number of rotatable bonds is 4. The van der Waals surface area contributed by atoms with Gasteiger partial charge < -0.3 is 9.64 Å². The second-order valence-corrected chi connectivity index (χ2v) is 5.64. The molecule has 0 bridgehead atoms. The fraction of sp³-hybridized carbons (Fsp3) is 0.125. The number of thiazole rings is 1. The molecule has 1 aromatic heterocycles. The minimum absolute atomic E-state index is 0.146. The fourth-order valence-electron chi connectivity index (χ4n) is 1.97. The molecule has 0 saturated carbocycles. The van der Waals surface area contributed by atoms with E-state index < -0.39 is 5.82 Å². The molecule has 0 unspecified atom stereocenters. The molecule has 2 aromatic carbocycles. The molecular weight excluding hydrogens is 303 g/mol. The number of fused-ring (bicyclic) bond motifs is 1. The van der Waals surface area contributed by atoms with Gasteiger partial charge in [0.2, 0.25) is 0 Å². The molecule has 0 radical (unpaired) electrons. The highest BCUT2D eigenvalue weighted by molar-refractivity contribution is 7.20. The van der Waals surface area contributed by atoms with Gasteiger partial charge in [0.25, 0.3) is 11.1 Å². The topological polar surface area (TPSA) is 42.4 Å². The summed E-state index contributed by atoms with van der Waals surface area (Å²) in [4.78, 5) is 17.7. The summed E-state index contributed by atoms with van der Waals surface area (Å²) in [6.07, 6.45) is 0. The molecule has 0 aliphatic carbocycles. The first-order valence-electron chi connectivity index (χ1n) is 6.64. The third-order valence-corrected chi connectivity index (χ3v) is 4.12. The Hall–Kier alpha value is -2.47. The minimum atomic E-state index is -0.392. The maximum atomic E-state index is 13.6. The normalized spacial score (nSPS) is 10.6. The first-order chi connectivity index (χ1) is 10.6. The third kappa shape index (κ3) is 2.92. The average molecular weight is 316 g/mol. The van der Waals surface area contributed by atoms with E-state index in [1.807, 2.05) is 30.3 Å². The predicted molar refractivity (Wildman–Crippen MR) is 84.9 cm³/mol. The summed E-state index contributed by atoms with van der Waals surface area (Å²) in [7, 11) is 1.68. The Balaban J connectivity index is 1.68. The van der Waals surface area contributed by atoms with Crippen LogP contribution in [0.5, 0.6) is 5.19 Å². The number of para-hydroxylation sites is 2. The molecule has 0 aliphatic heterocycles. The van der Waals surface area contributed by atoms with Crippen molar-refractivity contribution in [1.29, 1.82) is 0 Å². The Morgan fingerprint density at radius 1 is 1.23 bits per heavy atom. The van der Waals surface area contributed by atoms with Crippen LogP contribution in [0.4, 0.5) is 10.1 Å². The van der Waals surface area contributed by atoms with Crippen molar-refractivity contribution in [3.05, 3.63) is 54.3 Å². The lowest BCUT2D eigenvalue weighted by molar-refractivity contribution is -0.120. The monoisotopic (exact) mass is 316 g/mol. The Morgan fingerprint density at radius 2 is 2.00 bits per heavy atom. The Labute approximate surface area is 130 Å². The number of nitrogens with zero attached hydrogens (tertiary/aromatic N) is 2. The lowest BCUT2D eigenvalue weighted by Gasteiger charge is -2.16. The van der Waals surface area contributed by atoms with Gasteiger partial charge in [0.1, 0.15) is 11.3 Å². The van der Waals surface area contributed by atoms with E-state index in [0.29, 0.717) is 4.70 Å². The smallest absolute Gasteiger partial charge is 0.274 e. The van der Waals surface area contributed by atoms with Gasteiger partial charge in [0, 0.05) is 12.7 Å². The van der Waals surface area contributed by atoms with E-state index in [-0.39, 0.29) is 23.2 Å². The molecule has 6 heteroatoms. The molecule has 3 rings (SSSR count). The number of carbonyl (C=O) groups is 1. The second-order valence-electron chi connectivity index (χ2n) is 4.64. The van der Waals surface area contributed by atoms with Crippen LogP contribution in [0.3, 0.4) is 0 Å². The van der Waals surface area contributed by atoms with Gasteiger partial charge in [0.05, 0.1) is 4.70 Å². The number of carbonyl (C=O) groups excluding carboxylic acids is 1. The summed E-state index contributed by atoms with van der Waals surface area (Å²) in [5.74, 6) is -0.595. The van der Waals surface area contributed by atoms with Crippen LogP contribution in [0.15, 0.2) is 48.5 Å². The van der Waals surface area contributed by atoms with E-state index in [4.69, 9.17) is 4.74 Å². The van der Waals surface area contributed by atoms with E-state index in [1.54, 1.807) is 19.2 Å². The van der Waals surface area contributed by atoms with Gasteiger partial charge in [-0.25, -0.2) is 4.39 Å². The number of anilines is 1. The molecule has 3 aromatic rings. The average Bonchev–Trinajstić information content (AvgIpc) is 2.97. The van der Waals surface area contributed by atoms with Crippen LogP contribution in [0.25, 0.3) is 10.2 Å². The highest BCUT2D eigenvalue weighted by Gasteiger charge is 2.14. The van der Waals surface area contributed by atoms with Gasteiger partial charge in [-0.2, -0.15) is 4.98 Å². The molecule has 1 amide bonds.